The van der Waals surface area contributed by atoms with Gasteiger partial charge in [-0.05, 0) is 42.5 Å². The van der Waals surface area contributed by atoms with E-state index in [1.54, 1.807) is 42.5 Å². The van der Waals surface area contributed by atoms with Gasteiger partial charge in [-0.2, -0.15) is 0 Å². The van der Waals surface area contributed by atoms with Crippen molar-refractivity contribution in [2.75, 3.05) is 17.2 Å². The predicted molar refractivity (Wildman–Crippen MR) is 110 cm³/mol. The van der Waals surface area contributed by atoms with E-state index in [0.29, 0.717) is 16.4 Å². The minimum atomic E-state index is -0.562. The van der Waals surface area contributed by atoms with Gasteiger partial charge in [0.15, 0.2) is 0 Å². The average molecular weight is 469 g/mol. The molecule has 3 N–H and O–H groups in total. The van der Waals surface area contributed by atoms with Gasteiger partial charge in [-0.25, -0.2) is 0 Å². The lowest BCUT2D eigenvalue weighted by atomic mass is 10.2. The van der Waals surface area contributed by atoms with Crippen molar-refractivity contribution in [2.24, 2.45) is 0 Å². The normalized spacial score (nSPS) is 15.5. The van der Waals surface area contributed by atoms with Crippen molar-refractivity contribution in [3.63, 3.8) is 0 Å². The molecule has 6 nitrogen and oxygen atoms in total. The summed E-state index contributed by atoms with van der Waals surface area (Å²) >= 11 is 10.5. The fourth-order valence-corrected chi connectivity index (χ4v) is 3.94. The molecule has 0 bridgehead atoms. The third kappa shape index (κ3) is 5.47. The smallest absolute Gasteiger partial charge is 0.243 e. The van der Waals surface area contributed by atoms with Gasteiger partial charge in [-0.3, -0.25) is 14.4 Å². The second kappa shape index (κ2) is 8.77. The Hall–Kier alpha value is -2.03. The van der Waals surface area contributed by atoms with Gasteiger partial charge in [0, 0.05) is 26.5 Å². The maximum absolute atomic E-state index is 12.2. The fraction of sp³-hybridized carbons (Fsp3) is 0.167. The Kier molecular flexibility index (Phi) is 6.41. The number of amides is 3. The highest BCUT2D eigenvalue weighted by molar-refractivity contribution is 9.10. The van der Waals surface area contributed by atoms with Crippen LogP contribution < -0.4 is 16.0 Å². The zero-order valence-corrected chi connectivity index (χ0v) is 17.1. The molecular weight excluding hydrogens is 454 g/mol. The molecule has 0 spiro atoms. The highest BCUT2D eigenvalue weighted by Crippen LogP contribution is 2.38. The molecule has 140 valence electrons. The van der Waals surface area contributed by atoms with Crippen molar-refractivity contribution in [3.05, 3.63) is 52.0 Å². The first-order valence-corrected chi connectivity index (χ1v) is 10.0. The number of halogens is 2. The second-order valence-electron chi connectivity index (χ2n) is 5.77. The first-order valence-electron chi connectivity index (χ1n) is 8.00. The van der Waals surface area contributed by atoms with Crippen LogP contribution in [-0.2, 0) is 14.4 Å². The third-order valence-electron chi connectivity index (χ3n) is 3.71. The number of fused-ring (bicyclic) bond motifs is 1. The van der Waals surface area contributed by atoms with Crippen LogP contribution in [0, 0.1) is 0 Å². The van der Waals surface area contributed by atoms with Gasteiger partial charge in [0.1, 0.15) is 0 Å². The summed E-state index contributed by atoms with van der Waals surface area (Å²) < 4.78 is 0.904. The van der Waals surface area contributed by atoms with Crippen LogP contribution in [0.25, 0.3) is 0 Å². The Morgan fingerprint density at radius 3 is 2.63 bits per heavy atom. The van der Waals surface area contributed by atoms with E-state index in [1.165, 1.54) is 11.8 Å². The van der Waals surface area contributed by atoms with Gasteiger partial charge in [0.05, 0.1) is 17.5 Å². The number of rotatable bonds is 5. The zero-order chi connectivity index (χ0) is 19.4. The number of hydrogen-bond donors (Lipinski definition) is 3. The van der Waals surface area contributed by atoms with Crippen LogP contribution in [0.4, 0.5) is 11.4 Å². The summed E-state index contributed by atoms with van der Waals surface area (Å²) in [6, 6.07) is 12.3. The minimum absolute atomic E-state index is 0.0237. The molecule has 0 saturated carbocycles. The molecule has 2 aromatic rings. The maximum atomic E-state index is 12.2. The Labute approximate surface area is 173 Å². The van der Waals surface area contributed by atoms with Crippen molar-refractivity contribution >= 4 is 68.4 Å². The topological polar surface area (TPSA) is 87.3 Å². The highest BCUT2D eigenvalue weighted by Gasteiger charge is 2.29. The molecule has 0 aromatic heterocycles. The summed E-state index contributed by atoms with van der Waals surface area (Å²) in [6.07, 6.45) is -0.0237. The van der Waals surface area contributed by atoms with Crippen LogP contribution in [0.3, 0.4) is 0 Å². The molecule has 1 aliphatic heterocycles. The molecular formula is C18H15BrClN3O3S. The Balaban J connectivity index is 1.49. The number of carbonyl (C=O) groups is 3. The summed E-state index contributed by atoms with van der Waals surface area (Å²) in [4.78, 5) is 37.1. The number of hydrogen-bond acceptors (Lipinski definition) is 4. The molecule has 1 unspecified atom stereocenters. The van der Waals surface area contributed by atoms with E-state index in [9.17, 15) is 14.4 Å². The molecule has 1 aliphatic rings. The monoisotopic (exact) mass is 467 g/mol. The molecule has 0 aliphatic carbocycles. The van der Waals surface area contributed by atoms with E-state index >= 15 is 0 Å². The first kappa shape index (κ1) is 19.7. The summed E-state index contributed by atoms with van der Waals surface area (Å²) in [7, 11) is 0. The van der Waals surface area contributed by atoms with Gasteiger partial charge in [0.2, 0.25) is 17.7 Å². The number of thioether (sulfide) groups is 1. The molecule has 2 aromatic carbocycles. The van der Waals surface area contributed by atoms with E-state index in [2.05, 4.69) is 31.9 Å². The Morgan fingerprint density at radius 1 is 1.15 bits per heavy atom. The quantitative estimate of drug-likeness (QED) is 0.625. The molecule has 1 heterocycles. The van der Waals surface area contributed by atoms with Gasteiger partial charge >= 0.3 is 0 Å². The van der Waals surface area contributed by atoms with Crippen LogP contribution in [0.2, 0.25) is 5.02 Å². The molecule has 3 amide bonds. The number of anilines is 2. The van der Waals surface area contributed by atoms with Crippen molar-refractivity contribution in [1.82, 2.24) is 5.32 Å². The van der Waals surface area contributed by atoms with Crippen molar-refractivity contribution < 1.29 is 14.4 Å². The van der Waals surface area contributed by atoms with Crippen LogP contribution in [0.5, 0.6) is 0 Å². The van der Waals surface area contributed by atoms with Crippen LogP contribution >= 0.6 is 39.3 Å². The molecule has 0 fully saturated rings. The summed E-state index contributed by atoms with van der Waals surface area (Å²) in [5, 5.41) is 7.94. The van der Waals surface area contributed by atoms with Crippen molar-refractivity contribution in [1.29, 1.82) is 0 Å². The largest absolute Gasteiger partial charge is 0.347 e. The SMILES string of the molecule is O=C(CC1Sc2ccc(Cl)cc2NC1=O)NCC(=O)Nc1ccc(Br)cc1. The van der Waals surface area contributed by atoms with Gasteiger partial charge < -0.3 is 16.0 Å². The van der Waals surface area contributed by atoms with E-state index in [1.807, 2.05) is 0 Å². The van der Waals surface area contributed by atoms with E-state index in [0.717, 1.165) is 9.37 Å². The summed E-state index contributed by atoms with van der Waals surface area (Å²) in [5.74, 6) is -0.971. The molecule has 0 saturated heterocycles. The standard InChI is InChI=1S/C18H15BrClN3O3S/c19-10-1-4-12(5-2-10)22-17(25)9-21-16(24)8-15-18(26)23-13-7-11(20)3-6-14(13)27-15/h1-7,15H,8-9H2,(H,21,24)(H,22,25)(H,23,26). The van der Waals surface area contributed by atoms with Crippen LogP contribution in [0.15, 0.2) is 51.8 Å². The molecule has 0 radical (unpaired) electrons. The lowest BCUT2D eigenvalue weighted by Crippen LogP contribution is -2.37. The Morgan fingerprint density at radius 2 is 1.89 bits per heavy atom. The Bertz CT molecular complexity index is 892. The summed E-state index contributed by atoms with van der Waals surface area (Å²) in [5.41, 5.74) is 1.28. The lowest BCUT2D eigenvalue weighted by Gasteiger charge is -2.23. The van der Waals surface area contributed by atoms with Gasteiger partial charge in [-0.15, -0.1) is 11.8 Å². The molecule has 1 atom stereocenters. The van der Waals surface area contributed by atoms with E-state index in [4.69, 9.17) is 11.6 Å². The highest BCUT2D eigenvalue weighted by atomic mass is 79.9. The number of carbonyl (C=O) groups excluding carboxylic acids is 3. The van der Waals surface area contributed by atoms with Crippen molar-refractivity contribution in [3.8, 4) is 0 Å². The van der Waals surface area contributed by atoms with Crippen LogP contribution in [-0.4, -0.2) is 29.5 Å². The molecule has 27 heavy (non-hydrogen) atoms. The van der Waals surface area contributed by atoms with E-state index in [-0.39, 0.29) is 30.7 Å². The summed E-state index contributed by atoms with van der Waals surface area (Å²) in [6.45, 7) is -0.167. The molecule has 9 heteroatoms. The minimum Gasteiger partial charge on any atom is -0.347 e. The van der Waals surface area contributed by atoms with Gasteiger partial charge in [0.25, 0.3) is 0 Å². The zero-order valence-electron chi connectivity index (χ0n) is 13.9. The number of nitrogens with one attached hydrogen (secondary N) is 3. The predicted octanol–water partition coefficient (Wildman–Crippen LogP) is 3.66. The first-order chi connectivity index (χ1) is 12.9. The van der Waals surface area contributed by atoms with E-state index < -0.39 is 5.25 Å². The van der Waals surface area contributed by atoms with Crippen molar-refractivity contribution in [2.45, 2.75) is 16.6 Å². The average Bonchev–Trinajstić information content (AvgIpc) is 2.63. The second-order valence-corrected chi connectivity index (χ2v) is 8.37. The van der Waals surface area contributed by atoms with Crippen LogP contribution in [0.1, 0.15) is 6.42 Å². The maximum Gasteiger partial charge on any atom is 0.243 e. The van der Waals surface area contributed by atoms with Gasteiger partial charge in [-0.1, -0.05) is 27.5 Å². The fourth-order valence-electron chi connectivity index (χ4n) is 2.41. The number of benzene rings is 2. The lowest BCUT2D eigenvalue weighted by molar-refractivity contribution is -0.125. The molecule has 3 rings (SSSR count). The third-order valence-corrected chi connectivity index (χ3v) is 5.74.